The van der Waals surface area contributed by atoms with Gasteiger partial charge >= 0.3 is 0 Å². The fourth-order valence-electron chi connectivity index (χ4n) is 3.15. The molecule has 0 radical (unpaired) electrons. The Morgan fingerprint density at radius 1 is 1.31 bits per heavy atom. The SMILES string of the molecule is CN1CCC(O)(C#Cc2cccc(-c3ncc4c(C#N)cnc(N)c4n3)c2)C1=O. The number of pyridine rings is 1. The minimum atomic E-state index is -1.65. The molecule has 1 aliphatic heterocycles. The van der Waals surface area contributed by atoms with Crippen molar-refractivity contribution in [2.24, 2.45) is 0 Å². The molecule has 0 spiro atoms. The Morgan fingerprint density at radius 2 is 2.14 bits per heavy atom. The minimum absolute atomic E-state index is 0.213. The number of carbonyl (C=O) groups excluding carboxylic acids is 1. The average molecular weight is 384 g/mol. The van der Waals surface area contributed by atoms with Crippen molar-refractivity contribution in [3.8, 4) is 29.3 Å². The summed E-state index contributed by atoms with van der Waals surface area (Å²) in [5.74, 6) is 5.79. The van der Waals surface area contributed by atoms with Crippen molar-refractivity contribution >= 4 is 22.6 Å². The van der Waals surface area contributed by atoms with Crippen LogP contribution >= 0.6 is 0 Å². The summed E-state index contributed by atoms with van der Waals surface area (Å²) in [4.78, 5) is 26.3. The molecule has 1 amide bonds. The van der Waals surface area contributed by atoms with Crippen molar-refractivity contribution in [1.29, 1.82) is 5.26 Å². The highest BCUT2D eigenvalue weighted by molar-refractivity contribution is 5.92. The van der Waals surface area contributed by atoms with Gasteiger partial charge in [-0.05, 0) is 12.1 Å². The summed E-state index contributed by atoms with van der Waals surface area (Å²) < 4.78 is 0. The standard InChI is InChI=1S/C21H16N6O2/c1-27-8-7-21(29,20(27)28)6-5-13-3-2-4-14(9-13)19-25-12-16-15(10-22)11-24-18(23)17(16)26-19/h2-4,9,11-12,29H,7-8H2,1H3,(H2,23,24). The molecule has 2 aromatic heterocycles. The number of benzene rings is 1. The molecule has 0 bridgehead atoms. The Bertz CT molecular complexity index is 1250. The molecule has 142 valence electrons. The molecule has 1 unspecified atom stereocenters. The summed E-state index contributed by atoms with van der Waals surface area (Å²) in [6.45, 7) is 0.467. The first kappa shape index (κ1) is 18.4. The third kappa shape index (κ3) is 3.22. The molecule has 1 fully saturated rings. The van der Waals surface area contributed by atoms with E-state index in [1.807, 2.05) is 12.1 Å². The van der Waals surface area contributed by atoms with E-state index in [1.165, 1.54) is 11.1 Å². The summed E-state index contributed by atoms with van der Waals surface area (Å²) in [6.07, 6.45) is 3.21. The Balaban J connectivity index is 1.72. The predicted molar refractivity (Wildman–Crippen MR) is 106 cm³/mol. The molecule has 0 aliphatic carbocycles. The van der Waals surface area contributed by atoms with Gasteiger partial charge in [-0.25, -0.2) is 15.0 Å². The lowest BCUT2D eigenvalue weighted by atomic mass is 10.0. The van der Waals surface area contributed by atoms with Crippen LogP contribution in [0.4, 0.5) is 5.82 Å². The number of hydrogen-bond acceptors (Lipinski definition) is 7. The van der Waals surface area contributed by atoms with Crippen LogP contribution in [0.1, 0.15) is 17.5 Å². The zero-order valence-electron chi connectivity index (χ0n) is 15.5. The summed E-state index contributed by atoms with van der Waals surface area (Å²) >= 11 is 0. The van der Waals surface area contributed by atoms with Crippen molar-refractivity contribution in [2.75, 3.05) is 19.3 Å². The Kier molecular flexibility index (Phi) is 4.34. The number of likely N-dealkylation sites (N-methyl/N-ethyl adjacent to an activating group) is 1. The quantitative estimate of drug-likeness (QED) is 0.601. The molecule has 8 nitrogen and oxygen atoms in total. The molecule has 1 aliphatic rings. The maximum absolute atomic E-state index is 12.1. The average Bonchev–Trinajstić information content (AvgIpc) is 3.00. The zero-order valence-corrected chi connectivity index (χ0v) is 15.5. The molecule has 1 aromatic carbocycles. The monoisotopic (exact) mass is 384 g/mol. The second kappa shape index (κ2) is 6.86. The molecule has 3 heterocycles. The molecule has 29 heavy (non-hydrogen) atoms. The first-order chi connectivity index (χ1) is 13.9. The summed E-state index contributed by atoms with van der Waals surface area (Å²) in [6, 6.07) is 9.18. The number of carbonyl (C=O) groups is 1. The highest BCUT2D eigenvalue weighted by Crippen LogP contribution is 2.24. The number of rotatable bonds is 1. The summed E-state index contributed by atoms with van der Waals surface area (Å²) in [7, 11) is 1.64. The molecule has 1 saturated heterocycles. The number of amides is 1. The zero-order chi connectivity index (χ0) is 20.6. The number of nitrogen functional groups attached to an aromatic ring is 1. The van der Waals surface area contributed by atoms with Gasteiger partial charge in [0.15, 0.2) is 5.82 Å². The molecule has 3 N–H and O–H groups in total. The second-order valence-corrected chi connectivity index (χ2v) is 6.79. The van der Waals surface area contributed by atoms with E-state index in [-0.39, 0.29) is 12.2 Å². The third-order valence-corrected chi connectivity index (χ3v) is 4.82. The fraction of sp³-hybridized carbons (Fsp3) is 0.190. The van der Waals surface area contributed by atoms with E-state index in [2.05, 4.69) is 26.8 Å². The smallest absolute Gasteiger partial charge is 0.267 e. The number of nitrogens with zero attached hydrogens (tertiary/aromatic N) is 5. The largest absolute Gasteiger partial charge is 0.382 e. The van der Waals surface area contributed by atoms with Crippen LogP contribution in [0.2, 0.25) is 0 Å². The van der Waals surface area contributed by atoms with Crippen molar-refractivity contribution in [1.82, 2.24) is 19.9 Å². The van der Waals surface area contributed by atoms with Gasteiger partial charge < -0.3 is 15.7 Å². The highest BCUT2D eigenvalue weighted by Gasteiger charge is 2.42. The van der Waals surface area contributed by atoms with Crippen molar-refractivity contribution in [3.63, 3.8) is 0 Å². The summed E-state index contributed by atoms with van der Waals surface area (Å²) in [5.41, 5.74) is 6.30. The number of likely N-dealkylation sites (tertiary alicyclic amines) is 1. The molecule has 3 aromatic rings. The lowest BCUT2D eigenvalue weighted by molar-refractivity contribution is -0.137. The molecule has 0 saturated carbocycles. The topological polar surface area (TPSA) is 129 Å². The first-order valence-corrected chi connectivity index (χ1v) is 8.84. The number of hydrogen-bond donors (Lipinski definition) is 2. The number of aromatic nitrogens is 3. The maximum Gasteiger partial charge on any atom is 0.267 e. The van der Waals surface area contributed by atoms with E-state index in [1.54, 1.807) is 31.4 Å². The number of nitrogens with two attached hydrogens (primary N) is 1. The Hall–Kier alpha value is -4.01. The van der Waals surface area contributed by atoms with E-state index in [4.69, 9.17) is 5.73 Å². The van der Waals surface area contributed by atoms with Crippen LogP contribution in [-0.2, 0) is 4.79 Å². The van der Waals surface area contributed by atoms with Gasteiger partial charge in [-0.3, -0.25) is 4.79 Å². The van der Waals surface area contributed by atoms with Gasteiger partial charge in [0.25, 0.3) is 5.91 Å². The fourth-order valence-corrected chi connectivity index (χ4v) is 3.15. The second-order valence-electron chi connectivity index (χ2n) is 6.79. The molecule has 4 rings (SSSR count). The number of aliphatic hydroxyl groups is 1. The van der Waals surface area contributed by atoms with Gasteiger partial charge in [-0.1, -0.05) is 24.0 Å². The van der Waals surface area contributed by atoms with Gasteiger partial charge in [-0.2, -0.15) is 5.26 Å². The maximum atomic E-state index is 12.1. The lowest BCUT2D eigenvalue weighted by Crippen LogP contribution is -2.37. The van der Waals surface area contributed by atoms with Crippen molar-refractivity contribution in [2.45, 2.75) is 12.0 Å². The first-order valence-electron chi connectivity index (χ1n) is 8.84. The van der Waals surface area contributed by atoms with Gasteiger partial charge in [0.2, 0.25) is 5.60 Å². The van der Waals surface area contributed by atoms with Crippen LogP contribution in [-0.4, -0.2) is 50.1 Å². The van der Waals surface area contributed by atoms with Crippen LogP contribution in [0, 0.1) is 23.2 Å². The van der Waals surface area contributed by atoms with Gasteiger partial charge in [0.1, 0.15) is 17.4 Å². The lowest BCUT2D eigenvalue weighted by Gasteiger charge is -2.13. The van der Waals surface area contributed by atoms with Crippen LogP contribution < -0.4 is 5.73 Å². The van der Waals surface area contributed by atoms with E-state index in [0.717, 1.165) is 0 Å². The Labute approximate surface area is 166 Å². The van der Waals surface area contributed by atoms with Crippen molar-refractivity contribution < 1.29 is 9.90 Å². The van der Waals surface area contributed by atoms with E-state index < -0.39 is 11.5 Å². The molecular formula is C21H16N6O2. The highest BCUT2D eigenvalue weighted by atomic mass is 16.3. The Morgan fingerprint density at radius 3 is 2.86 bits per heavy atom. The van der Waals surface area contributed by atoms with Crippen LogP contribution in [0.3, 0.4) is 0 Å². The van der Waals surface area contributed by atoms with E-state index in [9.17, 15) is 15.2 Å². The molecular weight excluding hydrogens is 368 g/mol. The van der Waals surface area contributed by atoms with E-state index >= 15 is 0 Å². The van der Waals surface area contributed by atoms with E-state index in [0.29, 0.717) is 40.0 Å². The molecule has 8 heteroatoms. The molecule has 1 atom stereocenters. The predicted octanol–water partition coefficient (Wildman–Crippen LogP) is 1.09. The number of fused-ring (bicyclic) bond motifs is 1. The van der Waals surface area contributed by atoms with Gasteiger partial charge in [0, 0.05) is 48.9 Å². The number of nitriles is 1. The van der Waals surface area contributed by atoms with Gasteiger partial charge in [-0.15, -0.1) is 0 Å². The minimum Gasteiger partial charge on any atom is -0.382 e. The van der Waals surface area contributed by atoms with Crippen molar-refractivity contribution in [3.05, 3.63) is 47.8 Å². The number of anilines is 1. The van der Waals surface area contributed by atoms with Crippen LogP contribution in [0.5, 0.6) is 0 Å². The van der Waals surface area contributed by atoms with Crippen LogP contribution in [0.25, 0.3) is 22.3 Å². The summed E-state index contributed by atoms with van der Waals surface area (Å²) in [5, 5.41) is 20.2. The van der Waals surface area contributed by atoms with Crippen LogP contribution in [0.15, 0.2) is 36.7 Å². The third-order valence-electron chi connectivity index (χ3n) is 4.82. The van der Waals surface area contributed by atoms with Gasteiger partial charge in [0.05, 0.1) is 5.56 Å². The normalized spacial score (nSPS) is 18.4.